The Bertz CT molecular complexity index is 447. The summed E-state index contributed by atoms with van der Waals surface area (Å²) in [6.45, 7) is 2.00. The van der Waals surface area contributed by atoms with Crippen molar-refractivity contribution in [3.63, 3.8) is 0 Å². The number of hydrogen-bond acceptors (Lipinski definition) is 3. The van der Waals surface area contributed by atoms with Gasteiger partial charge < -0.3 is 5.32 Å². The first-order chi connectivity index (χ1) is 7.69. The SMILES string of the molecule is CC[C@H]1SC(=Nc2cccc(Br)c2)NC1=O. The quantitative estimate of drug-likeness (QED) is 0.912. The fraction of sp³-hybridized carbons (Fsp3) is 0.273. The maximum Gasteiger partial charge on any atom is 0.239 e. The van der Waals surface area contributed by atoms with Gasteiger partial charge in [-0.25, -0.2) is 4.99 Å². The zero-order valence-corrected chi connectivity index (χ0v) is 11.1. The van der Waals surface area contributed by atoms with Crippen molar-refractivity contribution in [1.29, 1.82) is 0 Å². The topological polar surface area (TPSA) is 41.5 Å². The summed E-state index contributed by atoms with van der Waals surface area (Å²) in [7, 11) is 0. The predicted octanol–water partition coefficient (Wildman–Crippen LogP) is 3.08. The van der Waals surface area contributed by atoms with Crippen LogP contribution in [0.2, 0.25) is 0 Å². The minimum Gasteiger partial charge on any atom is -0.304 e. The van der Waals surface area contributed by atoms with Crippen LogP contribution in [0.5, 0.6) is 0 Å². The van der Waals surface area contributed by atoms with Crippen LogP contribution in [0.25, 0.3) is 0 Å². The van der Waals surface area contributed by atoms with E-state index >= 15 is 0 Å². The largest absolute Gasteiger partial charge is 0.304 e. The Hall–Kier alpha value is -0.810. The van der Waals surface area contributed by atoms with Crippen molar-refractivity contribution in [3.05, 3.63) is 28.7 Å². The molecule has 0 bridgehead atoms. The highest BCUT2D eigenvalue weighted by atomic mass is 79.9. The van der Waals surface area contributed by atoms with Crippen molar-refractivity contribution in [2.24, 2.45) is 4.99 Å². The number of aliphatic imine (C=N–C) groups is 1. The third-order valence-electron chi connectivity index (χ3n) is 2.19. The van der Waals surface area contributed by atoms with Crippen molar-refractivity contribution in [1.82, 2.24) is 5.32 Å². The molecule has 1 aromatic carbocycles. The van der Waals surface area contributed by atoms with E-state index in [9.17, 15) is 4.79 Å². The highest BCUT2D eigenvalue weighted by Crippen LogP contribution is 2.25. The van der Waals surface area contributed by atoms with Gasteiger partial charge in [-0.15, -0.1) is 0 Å². The van der Waals surface area contributed by atoms with Crippen molar-refractivity contribution in [2.45, 2.75) is 18.6 Å². The first kappa shape index (κ1) is 11.7. The van der Waals surface area contributed by atoms with E-state index in [4.69, 9.17) is 0 Å². The van der Waals surface area contributed by atoms with Gasteiger partial charge in [-0.1, -0.05) is 40.7 Å². The first-order valence-electron chi connectivity index (χ1n) is 5.01. The molecule has 0 saturated carbocycles. The average molecular weight is 299 g/mol. The first-order valence-corrected chi connectivity index (χ1v) is 6.68. The number of carbonyl (C=O) groups excluding carboxylic acids is 1. The highest BCUT2D eigenvalue weighted by Gasteiger charge is 2.28. The second kappa shape index (κ2) is 5.01. The van der Waals surface area contributed by atoms with Crippen LogP contribution < -0.4 is 5.32 Å². The number of halogens is 1. The Labute approximate surface area is 107 Å². The van der Waals surface area contributed by atoms with Gasteiger partial charge in [0.1, 0.15) is 0 Å². The fourth-order valence-corrected chi connectivity index (χ4v) is 2.70. The summed E-state index contributed by atoms with van der Waals surface area (Å²) in [6.07, 6.45) is 0.827. The summed E-state index contributed by atoms with van der Waals surface area (Å²) in [4.78, 5) is 15.8. The molecule has 1 heterocycles. The standard InChI is InChI=1S/C11H11BrN2OS/c1-2-9-10(15)14-11(16-9)13-8-5-3-4-7(12)6-8/h3-6,9H,2H2,1H3,(H,13,14,15)/t9-/m1/s1. The van der Waals surface area contributed by atoms with Gasteiger partial charge in [0, 0.05) is 4.47 Å². The summed E-state index contributed by atoms with van der Waals surface area (Å²) >= 11 is 4.88. The summed E-state index contributed by atoms with van der Waals surface area (Å²) in [5.74, 6) is 0.0567. The zero-order valence-electron chi connectivity index (χ0n) is 8.74. The van der Waals surface area contributed by atoms with Crippen LogP contribution in [-0.2, 0) is 4.79 Å². The molecule has 0 aliphatic carbocycles. The van der Waals surface area contributed by atoms with Gasteiger partial charge in [-0.3, -0.25) is 4.79 Å². The lowest BCUT2D eigenvalue weighted by atomic mass is 10.3. The number of nitrogens with zero attached hydrogens (tertiary/aromatic N) is 1. The second-order valence-electron chi connectivity index (χ2n) is 3.40. The molecule has 1 fully saturated rings. The summed E-state index contributed by atoms with van der Waals surface area (Å²) in [6, 6.07) is 7.68. The van der Waals surface area contributed by atoms with E-state index in [1.807, 2.05) is 31.2 Å². The molecule has 1 aliphatic rings. The molecule has 0 radical (unpaired) electrons. The molecule has 2 rings (SSSR count). The lowest BCUT2D eigenvalue weighted by Gasteiger charge is -1.97. The van der Waals surface area contributed by atoms with Crippen LogP contribution in [-0.4, -0.2) is 16.3 Å². The molecular formula is C11H11BrN2OS. The van der Waals surface area contributed by atoms with Gasteiger partial charge in [0.15, 0.2) is 5.17 Å². The van der Waals surface area contributed by atoms with E-state index in [1.165, 1.54) is 11.8 Å². The smallest absolute Gasteiger partial charge is 0.239 e. The van der Waals surface area contributed by atoms with E-state index in [1.54, 1.807) is 0 Å². The van der Waals surface area contributed by atoms with Crippen LogP contribution in [0.4, 0.5) is 5.69 Å². The molecule has 1 amide bonds. The van der Waals surface area contributed by atoms with Crippen molar-refractivity contribution < 1.29 is 4.79 Å². The van der Waals surface area contributed by atoms with Gasteiger partial charge in [0.2, 0.25) is 5.91 Å². The third kappa shape index (κ3) is 2.65. The summed E-state index contributed by atoms with van der Waals surface area (Å²) in [5, 5.41) is 3.48. The predicted molar refractivity (Wildman–Crippen MR) is 71.0 cm³/mol. The molecule has 1 aromatic rings. The molecule has 16 heavy (non-hydrogen) atoms. The van der Waals surface area contributed by atoms with Crippen molar-refractivity contribution in [3.8, 4) is 0 Å². The summed E-state index contributed by atoms with van der Waals surface area (Å²) in [5.41, 5.74) is 0.842. The number of nitrogens with one attached hydrogen (secondary N) is 1. The lowest BCUT2D eigenvalue weighted by molar-refractivity contribution is -0.118. The van der Waals surface area contributed by atoms with Gasteiger partial charge in [0.25, 0.3) is 0 Å². The monoisotopic (exact) mass is 298 g/mol. The van der Waals surface area contributed by atoms with E-state index < -0.39 is 0 Å². The maximum atomic E-state index is 11.5. The van der Waals surface area contributed by atoms with E-state index in [-0.39, 0.29) is 11.2 Å². The normalized spacial score (nSPS) is 22.5. The number of rotatable bonds is 2. The maximum absolute atomic E-state index is 11.5. The number of amides is 1. The van der Waals surface area contributed by atoms with Crippen LogP contribution in [0.15, 0.2) is 33.7 Å². The van der Waals surface area contributed by atoms with E-state index in [0.717, 1.165) is 16.6 Å². The Kier molecular flexibility index (Phi) is 3.66. The Morgan fingerprint density at radius 2 is 2.38 bits per heavy atom. The molecule has 1 aliphatic heterocycles. The van der Waals surface area contributed by atoms with Crippen LogP contribution in [0.1, 0.15) is 13.3 Å². The van der Waals surface area contributed by atoms with Crippen LogP contribution in [0.3, 0.4) is 0 Å². The lowest BCUT2D eigenvalue weighted by Crippen LogP contribution is -2.24. The number of benzene rings is 1. The van der Waals surface area contributed by atoms with Crippen LogP contribution >= 0.6 is 27.7 Å². The van der Waals surface area contributed by atoms with Gasteiger partial charge in [-0.2, -0.15) is 0 Å². The Morgan fingerprint density at radius 3 is 3.00 bits per heavy atom. The van der Waals surface area contributed by atoms with Crippen molar-refractivity contribution in [2.75, 3.05) is 0 Å². The molecule has 3 nitrogen and oxygen atoms in total. The van der Waals surface area contributed by atoms with Gasteiger partial charge >= 0.3 is 0 Å². The Morgan fingerprint density at radius 1 is 1.56 bits per heavy atom. The van der Waals surface area contributed by atoms with E-state index in [2.05, 4.69) is 26.2 Å². The number of thioether (sulfide) groups is 1. The molecular weight excluding hydrogens is 288 g/mol. The number of hydrogen-bond donors (Lipinski definition) is 1. The molecule has 1 saturated heterocycles. The highest BCUT2D eigenvalue weighted by molar-refractivity contribution is 9.10. The molecule has 5 heteroatoms. The molecule has 1 N–H and O–H groups in total. The molecule has 1 atom stereocenters. The molecule has 0 aromatic heterocycles. The van der Waals surface area contributed by atoms with E-state index in [0.29, 0.717) is 5.17 Å². The minimum absolute atomic E-state index is 0.00547. The van der Waals surface area contributed by atoms with Gasteiger partial charge in [-0.05, 0) is 24.6 Å². The minimum atomic E-state index is 0.00547. The third-order valence-corrected chi connectivity index (χ3v) is 3.93. The average Bonchev–Trinajstić information content (AvgIpc) is 2.58. The zero-order chi connectivity index (χ0) is 11.5. The molecule has 0 unspecified atom stereocenters. The molecule has 84 valence electrons. The summed E-state index contributed by atoms with van der Waals surface area (Å²) < 4.78 is 0.982. The fourth-order valence-electron chi connectivity index (χ4n) is 1.39. The number of carbonyl (C=O) groups is 1. The number of amidine groups is 1. The van der Waals surface area contributed by atoms with Crippen LogP contribution in [0, 0.1) is 0 Å². The second-order valence-corrected chi connectivity index (χ2v) is 5.51. The van der Waals surface area contributed by atoms with Gasteiger partial charge in [0.05, 0.1) is 10.9 Å². The molecule has 0 spiro atoms. The Balaban J connectivity index is 2.17. The van der Waals surface area contributed by atoms with Crippen molar-refractivity contribution >= 4 is 44.5 Å².